The van der Waals surface area contributed by atoms with Gasteiger partial charge in [-0.1, -0.05) is 31.0 Å². The number of nitrogens with one attached hydrogen (secondary N) is 1. The summed E-state index contributed by atoms with van der Waals surface area (Å²) in [6, 6.07) is 7.78. The molecule has 2 aromatic rings. The van der Waals surface area contributed by atoms with E-state index in [1.165, 1.54) is 31.0 Å². The van der Waals surface area contributed by atoms with Crippen molar-refractivity contribution in [2.75, 3.05) is 7.11 Å². The monoisotopic (exact) mass is 432 g/mol. The molecule has 8 heteroatoms. The fourth-order valence-corrected chi connectivity index (χ4v) is 4.60. The molecule has 0 radical (unpaired) electrons. The summed E-state index contributed by atoms with van der Waals surface area (Å²) in [6.45, 7) is 6.63. The molecule has 3 rings (SSSR count). The van der Waals surface area contributed by atoms with Gasteiger partial charge in [-0.2, -0.15) is 0 Å². The highest BCUT2D eigenvalue weighted by molar-refractivity contribution is 8.00. The highest BCUT2D eigenvalue weighted by atomic mass is 32.2. The minimum Gasteiger partial charge on any atom is -0.497 e. The Kier molecular flexibility index (Phi) is 8.01. The average molecular weight is 433 g/mol. The predicted molar refractivity (Wildman–Crippen MR) is 118 cm³/mol. The van der Waals surface area contributed by atoms with E-state index >= 15 is 0 Å². The summed E-state index contributed by atoms with van der Waals surface area (Å²) in [5.74, 6) is 2.34. The molecule has 0 saturated heterocycles. The lowest BCUT2D eigenvalue weighted by molar-refractivity contribution is -0.121. The van der Waals surface area contributed by atoms with Crippen LogP contribution in [0.1, 0.15) is 64.8 Å². The number of methoxy groups -OCH3 is 1. The first-order valence-electron chi connectivity index (χ1n) is 10.7. The van der Waals surface area contributed by atoms with Crippen molar-refractivity contribution < 1.29 is 14.3 Å². The Hall–Kier alpha value is -2.22. The molecule has 164 valence electrons. The van der Waals surface area contributed by atoms with Crippen molar-refractivity contribution >= 4 is 17.7 Å². The van der Waals surface area contributed by atoms with Gasteiger partial charge in [-0.3, -0.25) is 4.79 Å². The molecule has 1 aromatic heterocycles. The molecule has 2 atom stereocenters. The highest BCUT2D eigenvalue weighted by Crippen LogP contribution is 2.28. The van der Waals surface area contributed by atoms with E-state index in [1.54, 1.807) is 7.11 Å². The molecule has 1 amide bonds. The number of benzene rings is 1. The van der Waals surface area contributed by atoms with Crippen molar-refractivity contribution in [1.29, 1.82) is 0 Å². The lowest BCUT2D eigenvalue weighted by Crippen LogP contribution is -2.40. The van der Waals surface area contributed by atoms with E-state index in [1.807, 2.05) is 49.6 Å². The summed E-state index contributed by atoms with van der Waals surface area (Å²) >= 11 is 1.45. The molecule has 1 N–H and O–H groups in total. The largest absolute Gasteiger partial charge is 0.497 e. The summed E-state index contributed by atoms with van der Waals surface area (Å²) in [6.07, 6.45) is 5.57. The van der Waals surface area contributed by atoms with E-state index in [9.17, 15) is 4.79 Å². The summed E-state index contributed by atoms with van der Waals surface area (Å²) in [7, 11) is 1.64. The number of aromatic nitrogens is 3. The molecule has 30 heavy (non-hydrogen) atoms. The van der Waals surface area contributed by atoms with Gasteiger partial charge in [-0.05, 0) is 57.9 Å². The standard InChI is InChI=1S/C22H32N4O3S/c1-5-26-20(15(2)29-19-13-11-18(28-4)12-14-19)24-25-22(26)30-16(3)21(27)23-17-9-7-6-8-10-17/h11-17H,5-10H2,1-4H3,(H,23,27). The Balaban J connectivity index is 1.62. The third kappa shape index (κ3) is 5.68. The Morgan fingerprint density at radius 1 is 1.17 bits per heavy atom. The number of carbonyl (C=O) groups is 1. The van der Waals surface area contributed by atoms with Crippen molar-refractivity contribution in [3.05, 3.63) is 30.1 Å². The van der Waals surface area contributed by atoms with Crippen LogP contribution in [0.4, 0.5) is 0 Å². The molecule has 1 aliphatic rings. The maximum Gasteiger partial charge on any atom is 0.233 e. The zero-order chi connectivity index (χ0) is 21.5. The number of rotatable bonds is 9. The zero-order valence-corrected chi connectivity index (χ0v) is 19.1. The molecule has 0 bridgehead atoms. The second kappa shape index (κ2) is 10.7. The summed E-state index contributed by atoms with van der Waals surface area (Å²) in [4.78, 5) is 12.6. The van der Waals surface area contributed by atoms with Crippen molar-refractivity contribution in [1.82, 2.24) is 20.1 Å². The van der Waals surface area contributed by atoms with E-state index in [4.69, 9.17) is 9.47 Å². The Labute approximate surface area is 182 Å². The van der Waals surface area contributed by atoms with Crippen molar-refractivity contribution in [3.8, 4) is 11.5 Å². The number of amides is 1. The number of hydrogen-bond acceptors (Lipinski definition) is 6. The van der Waals surface area contributed by atoms with Gasteiger partial charge in [0.1, 0.15) is 11.5 Å². The first-order valence-corrected chi connectivity index (χ1v) is 11.6. The van der Waals surface area contributed by atoms with Crippen LogP contribution >= 0.6 is 11.8 Å². The van der Waals surface area contributed by atoms with Gasteiger partial charge in [0.2, 0.25) is 5.91 Å². The number of carbonyl (C=O) groups excluding carboxylic acids is 1. The van der Waals surface area contributed by atoms with Gasteiger partial charge in [0.25, 0.3) is 0 Å². The van der Waals surface area contributed by atoms with Crippen LogP contribution in [0.5, 0.6) is 11.5 Å². The smallest absolute Gasteiger partial charge is 0.233 e. The molecular weight excluding hydrogens is 400 g/mol. The molecule has 1 aliphatic carbocycles. The van der Waals surface area contributed by atoms with Crippen molar-refractivity contribution in [3.63, 3.8) is 0 Å². The van der Waals surface area contributed by atoms with Gasteiger partial charge in [0, 0.05) is 12.6 Å². The second-order valence-electron chi connectivity index (χ2n) is 7.62. The van der Waals surface area contributed by atoms with Crippen LogP contribution in [0.15, 0.2) is 29.4 Å². The molecule has 0 aliphatic heterocycles. The maximum atomic E-state index is 12.6. The third-order valence-corrected chi connectivity index (χ3v) is 6.48. The summed E-state index contributed by atoms with van der Waals surface area (Å²) in [5, 5.41) is 12.4. The van der Waals surface area contributed by atoms with Crippen LogP contribution in [0.25, 0.3) is 0 Å². The molecular formula is C22H32N4O3S. The molecule has 2 unspecified atom stereocenters. The first-order chi connectivity index (χ1) is 14.5. The molecule has 1 fully saturated rings. The SMILES string of the molecule is CCn1c(SC(C)C(=O)NC2CCCCC2)nnc1C(C)Oc1ccc(OC)cc1. The Bertz CT molecular complexity index is 818. The van der Waals surface area contributed by atoms with Gasteiger partial charge >= 0.3 is 0 Å². The van der Waals surface area contributed by atoms with Crippen LogP contribution in [0, 0.1) is 0 Å². The fraction of sp³-hybridized carbons (Fsp3) is 0.591. The van der Waals surface area contributed by atoms with E-state index in [0.29, 0.717) is 12.6 Å². The van der Waals surface area contributed by atoms with Crippen LogP contribution < -0.4 is 14.8 Å². The van der Waals surface area contributed by atoms with Crippen LogP contribution in [0.2, 0.25) is 0 Å². The lowest BCUT2D eigenvalue weighted by atomic mass is 9.95. The molecule has 7 nitrogen and oxygen atoms in total. The topological polar surface area (TPSA) is 78.3 Å². The van der Waals surface area contributed by atoms with Gasteiger partial charge in [0.15, 0.2) is 17.1 Å². The number of nitrogens with zero attached hydrogens (tertiary/aromatic N) is 3. The summed E-state index contributed by atoms with van der Waals surface area (Å²) in [5.41, 5.74) is 0. The minimum atomic E-state index is -0.272. The summed E-state index contributed by atoms with van der Waals surface area (Å²) < 4.78 is 13.2. The van der Waals surface area contributed by atoms with Crippen molar-refractivity contribution in [2.24, 2.45) is 0 Å². The van der Waals surface area contributed by atoms with Gasteiger partial charge < -0.3 is 19.4 Å². The van der Waals surface area contributed by atoms with Gasteiger partial charge in [-0.25, -0.2) is 0 Å². The number of thioether (sulfide) groups is 1. The van der Waals surface area contributed by atoms with Crippen LogP contribution in [-0.2, 0) is 11.3 Å². The Morgan fingerprint density at radius 2 is 1.83 bits per heavy atom. The Morgan fingerprint density at radius 3 is 2.47 bits per heavy atom. The lowest BCUT2D eigenvalue weighted by Gasteiger charge is -2.24. The predicted octanol–water partition coefficient (Wildman–Crippen LogP) is 4.38. The van der Waals surface area contributed by atoms with E-state index < -0.39 is 0 Å². The quantitative estimate of drug-likeness (QED) is 0.593. The molecule has 1 aromatic carbocycles. The molecule has 0 spiro atoms. The maximum absolute atomic E-state index is 12.6. The second-order valence-corrected chi connectivity index (χ2v) is 8.93. The normalized spacial score (nSPS) is 16.7. The number of ether oxygens (including phenoxy) is 2. The fourth-order valence-electron chi connectivity index (χ4n) is 3.67. The van der Waals surface area contributed by atoms with Crippen LogP contribution in [0.3, 0.4) is 0 Å². The van der Waals surface area contributed by atoms with Gasteiger partial charge in [-0.15, -0.1) is 10.2 Å². The van der Waals surface area contributed by atoms with E-state index in [-0.39, 0.29) is 17.3 Å². The molecule has 1 saturated carbocycles. The van der Waals surface area contributed by atoms with Crippen molar-refractivity contribution in [2.45, 2.75) is 82.0 Å². The average Bonchev–Trinajstić information content (AvgIpc) is 3.17. The number of hydrogen-bond donors (Lipinski definition) is 1. The molecule has 1 heterocycles. The van der Waals surface area contributed by atoms with Gasteiger partial charge in [0.05, 0.1) is 12.4 Å². The minimum absolute atomic E-state index is 0.0710. The zero-order valence-electron chi connectivity index (χ0n) is 18.3. The first kappa shape index (κ1) is 22.5. The van der Waals surface area contributed by atoms with Crippen LogP contribution in [-0.4, -0.2) is 39.1 Å². The highest BCUT2D eigenvalue weighted by Gasteiger charge is 2.24. The van der Waals surface area contributed by atoms with E-state index in [2.05, 4.69) is 15.5 Å². The van der Waals surface area contributed by atoms with E-state index in [0.717, 1.165) is 35.3 Å². The third-order valence-electron chi connectivity index (χ3n) is 5.40.